The molecule has 0 unspecified atom stereocenters. The average Bonchev–Trinajstić information content (AvgIpc) is 2.56. The van der Waals surface area contributed by atoms with Gasteiger partial charge in [-0.2, -0.15) is 0 Å². The van der Waals surface area contributed by atoms with Crippen LogP contribution in [-0.2, 0) is 6.42 Å². The van der Waals surface area contributed by atoms with Gasteiger partial charge in [0.1, 0.15) is 5.75 Å². The molecule has 142 valence electrons. The molecule has 5 nitrogen and oxygen atoms in total. The van der Waals surface area contributed by atoms with Crippen molar-refractivity contribution in [1.29, 1.82) is 0 Å². The number of benzene rings is 1. The highest BCUT2D eigenvalue weighted by molar-refractivity contribution is 5.65. The summed E-state index contributed by atoms with van der Waals surface area (Å²) in [7, 11) is 0. The molecule has 3 N–H and O–H groups in total. The van der Waals surface area contributed by atoms with Gasteiger partial charge in [0.15, 0.2) is 0 Å². The molecule has 1 aromatic carbocycles. The van der Waals surface area contributed by atoms with Gasteiger partial charge in [-0.3, -0.25) is 0 Å². The molecule has 0 aliphatic carbocycles. The molecule has 1 aromatic rings. The van der Waals surface area contributed by atoms with Crippen LogP contribution in [0.3, 0.4) is 0 Å². The lowest BCUT2D eigenvalue weighted by atomic mass is 9.88. The Bertz CT molecular complexity index is 501. The molecule has 0 spiro atoms. The maximum Gasteiger partial charge on any atom is 0.405 e. The predicted molar refractivity (Wildman–Crippen MR) is 100 cm³/mol. The molecular weight excluding hydrogens is 318 g/mol. The van der Waals surface area contributed by atoms with Crippen LogP contribution in [0.15, 0.2) is 24.3 Å². The maximum atomic E-state index is 10.9. The van der Waals surface area contributed by atoms with Crippen molar-refractivity contribution in [3.63, 3.8) is 0 Å². The molecule has 0 heterocycles. The number of aliphatic hydroxyl groups excluding tert-OH is 1. The number of hydrogen-bond acceptors (Lipinski definition) is 3. The van der Waals surface area contributed by atoms with Crippen molar-refractivity contribution in [2.45, 2.75) is 77.4 Å². The number of nitrogens with one attached hydrogen (secondary N) is 1. The fourth-order valence-electron chi connectivity index (χ4n) is 2.67. The summed E-state index contributed by atoms with van der Waals surface area (Å²) in [5.74, 6) is 0.862. The summed E-state index contributed by atoms with van der Waals surface area (Å²) in [5, 5.41) is 21.2. The van der Waals surface area contributed by atoms with Crippen molar-refractivity contribution < 1.29 is 19.7 Å². The second-order valence-electron chi connectivity index (χ2n) is 6.93. The Morgan fingerprint density at radius 2 is 1.84 bits per heavy atom. The van der Waals surface area contributed by atoms with Crippen LogP contribution in [0.1, 0.15) is 64.9 Å². The van der Waals surface area contributed by atoms with E-state index in [9.17, 15) is 9.90 Å². The highest BCUT2D eigenvalue weighted by Gasteiger charge is 2.31. The van der Waals surface area contributed by atoms with Crippen LogP contribution in [0.2, 0.25) is 0 Å². The quantitative estimate of drug-likeness (QED) is 0.488. The van der Waals surface area contributed by atoms with E-state index in [1.165, 1.54) is 25.7 Å². The largest absolute Gasteiger partial charge is 0.494 e. The third kappa shape index (κ3) is 8.25. The Hall–Kier alpha value is -1.75. The van der Waals surface area contributed by atoms with Crippen molar-refractivity contribution in [3.8, 4) is 5.75 Å². The minimum atomic E-state index is -1.12. The molecule has 0 saturated carbocycles. The van der Waals surface area contributed by atoms with Gasteiger partial charge >= 0.3 is 6.09 Å². The number of carboxylic acid groups (broad SMARTS) is 1. The van der Waals surface area contributed by atoms with Crippen molar-refractivity contribution in [3.05, 3.63) is 29.8 Å². The lowest BCUT2D eigenvalue weighted by Crippen LogP contribution is -2.53. The van der Waals surface area contributed by atoms with Gasteiger partial charge < -0.3 is 20.3 Å². The number of unbranched alkanes of at least 4 members (excludes halogenated alkanes) is 4. The second-order valence-corrected chi connectivity index (χ2v) is 6.93. The Kier molecular flexibility index (Phi) is 9.35. The number of aliphatic hydroxyl groups is 1. The summed E-state index contributed by atoms with van der Waals surface area (Å²) in [6.07, 6.45) is 5.41. The average molecular weight is 351 g/mol. The van der Waals surface area contributed by atoms with E-state index < -0.39 is 17.7 Å². The first-order valence-corrected chi connectivity index (χ1v) is 9.28. The zero-order chi connectivity index (χ0) is 18.7. The summed E-state index contributed by atoms with van der Waals surface area (Å²) < 4.78 is 5.75. The molecule has 0 saturated heterocycles. The SMILES string of the molecule is CCCCCCCOc1ccc(CC[C@@](C)(NC(=O)O)[C@@H](C)O)cc1. The van der Waals surface area contributed by atoms with Crippen molar-refractivity contribution in [2.24, 2.45) is 0 Å². The number of hydrogen-bond donors (Lipinski definition) is 3. The summed E-state index contributed by atoms with van der Waals surface area (Å²) >= 11 is 0. The van der Waals surface area contributed by atoms with Gasteiger partial charge in [-0.15, -0.1) is 0 Å². The van der Waals surface area contributed by atoms with Gasteiger partial charge in [-0.1, -0.05) is 44.7 Å². The summed E-state index contributed by atoms with van der Waals surface area (Å²) in [5.41, 5.74) is 0.230. The van der Waals surface area contributed by atoms with E-state index in [-0.39, 0.29) is 0 Å². The van der Waals surface area contributed by atoms with Gasteiger partial charge in [0.25, 0.3) is 0 Å². The van der Waals surface area contributed by atoms with Crippen LogP contribution in [0.5, 0.6) is 5.75 Å². The number of rotatable bonds is 12. The van der Waals surface area contributed by atoms with E-state index in [1.54, 1.807) is 13.8 Å². The van der Waals surface area contributed by atoms with E-state index in [0.717, 1.165) is 24.3 Å². The lowest BCUT2D eigenvalue weighted by Gasteiger charge is -2.32. The minimum absolute atomic E-state index is 0.522. The molecule has 2 atom stereocenters. The minimum Gasteiger partial charge on any atom is -0.494 e. The van der Waals surface area contributed by atoms with Gasteiger partial charge in [0.05, 0.1) is 18.2 Å². The Morgan fingerprint density at radius 3 is 2.40 bits per heavy atom. The van der Waals surface area contributed by atoms with Crippen molar-refractivity contribution >= 4 is 6.09 Å². The van der Waals surface area contributed by atoms with E-state index in [4.69, 9.17) is 9.84 Å². The monoisotopic (exact) mass is 351 g/mol. The van der Waals surface area contributed by atoms with Crippen LogP contribution in [0.25, 0.3) is 0 Å². The number of carbonyl (C=O) groups is 1. The highest BCUT2D eigenvalue weighted by Crippen LogP contribution is 2.20. The lowest BCUT2D eigenvalue weighted by molar-refractivity contribution is 0.0765. The molecule has 0 aliphatic rings. The van der Waals surface area contributed by atoms with Crippen LogP contribution in [0, 0.1) is 0 Å². The molecule has 0 radical (unpaired) electrons. The first kappa shape index (κ1) is 21.3. The number of ether oxygens (including phenoxy) is 1. The Labute approximate surface area is 151 Å². The smallest absolute Gasteiger partial charge is 0.405 e. The zero-order valence-electron chi connectivity index (χ0n) is 15.8. The second kappa shape index (κ2) is 11.0. The van der Waals surface area contributed by atoms with E-state index in [1.807, 2.05) is 24.3 Å². The van der Waals surface area contributed by atoms with Gasteiger partial charge in [-0.25, -0.2) is 4.79 Å². The van der Waals surface area contributed by atoms with Crippen LogP contribution in [0.4, 0.5) is 4.79 Å². The topological polar surface area (TPSA) is 78.8 Å². The zero-order valence-corrected chi connectivity index (χ0v) is 15.8. The molecule has 25 heavy (non-hydrogen) atoms. The van der Waals surface area contributed by atoms with Crippen LogP contribution < -0.4 is 10.1 Å². The summed E-state index contributed by atoms with van der Waals surface area (Å²) in [6.45, 7) is 6.28. The van der Waals surface area contributed by atoms with Gasteiger partial charge in [-0.05, 0) is 50.8 Å². The Morgan fingerprint density at radius 1 is 1.20 bits per heavy atom. The number of amides is 1. The van der Waals surface area contributed by atoms with Crippen molar-refractivity contribution in [1.82, 2.24) is 5.32 Å². The normalized spacial score (nSPS) is 14.6. The fourth-order valence-corrected chi connectivity index (χ4v) is 2.67. The molecule has 1 amide bonds. The first-order chi connectivity index (χ1) is 11.9. The molecule has 0 fully saturated rings. The maximum absolute atomic E-state index is 10.9. The highest BCUT2D eigenvalue weighted by atomic mass is 16.5. The fraction of sp³-hybridized carbons (Fsp3) is 0.650. The molecular formula is C20H33NO4. The Balaban J connectivity index is 2.41. The molecule has 0 bridgehead atoms. The predicted octanol–water partition coefficient (Wildman–Crippen LogP) is 4.38. The third-order valence-corrected chi connectivity index (χ3v) is 4.69. The third-order valence-electron chi connectivity index (χ3n) is 4.69. The summed E-state index contributed by atoms with van der Waals surface area (Å²) in [6, 6.07) is 7.89. The first-order valence-electron chi connectivity index (χ1n) is 9.28. The standard InChI is InChI=1S/C20H33NO4/c1-4-5-6-7-8-15-25-18-11-9-17(10-12-18)13-14-20(3,16(2)22)21-19(23)24/h9-12,16,21-22H,4-8,13-15H2,1-3H3,(H,23,24)/t16-,20-/m1/s1. The van der Waals surface area contributed by atoms with Crippen LogP contribution in [-0.4, -0.2) is 34.6 Å². The van der Waals surface area contributed by atoms with E-state index in [0.29, 0.717) is 12.8 Å². The van der Waals surface area contributed by atoms with E-state index in [2.05, 4.69) is 12.2 Å². The molecule has 1 rings (SSSR count). The van der Waals surface area contributed by atoms with Gasteiger partial charge in [0, 0.05) is 0 Å². The molecule has 5 heteroatoms. The van der Waals surface area contributed by atoms with Crippen LogP contribution >= 0.6 is 0 Å². The van der Waals surface area contributed by atoms with Gasteiger partial charge in [0.2, 0.25) is 0 Å². The number of aryl methyl sites for hydroxylation is 1. The summed E-state index contributed by atoms with van der Waals surface area (Å²) in [4.78, 5) is 10.9. The molecule has 0 aromatic heterocycles. The molecule has 0 aliphatic heterocycles. The van der Waals surface area contributed by atoms with E-state index >= 15 is 0 Å². The van der Waals surface area contributed by atoms with Crippen molar-refractivity contribution in [2.75, 3.05) is 6.61 Å².